The maximum absolute atomic E-state index is 11.1. The molecule has 0 radical (unpaired) electrons. The number of hydrogen-bond donors (Lipinski definition) is 3. The molecule has 0 bridgehead atoms. The Labute approximate surface area is 94.0 Å². The lowest BCUT2D eigenvalue weighted by Gasteiger charge is -2.05. The zero-order chi connectivity index (χ0) is 12.0. The first-order valence-corrected chi connectivity index (χ1v) is 4.94. The third-order valence-corrected chi connectivity index (χ3v) is 1.79. The van der Waals surface area contributed by atoms with E-state index in [9.17, 15) is 4.79 Å². The highest BCUT2D eigenvalue weighted by molar-refractivity contribution is 5.96. The van der Waals surface area contributed by atoms with E-state index in [1.807, 2.05) is 26.0 Å². The summed E-state index contributed by atoms with van der Waals surface area (Å²) in [5.41, 5.74) is 6.44. The standard InChI is InChI=1S/C10H15N5O/c1-3-12-10(16)15-9(11)14-8-7(2)5-4-6-13-8/h4-6H,3H2,1-2H3,(H4,11,12,13,14,15,16). The van der Waals surface area contributed by atoms with Gasteiger partial charge >= 0.3 is 6.03 Å². The Kier molecular flexibility index (Phi) is 4.26. The van der Waals surface area contributed by atoms with Gasteiger partial charge in [0.1, 0.15) is 0 Å². The number of carbonyl (C=O) groups is 1. The molecule has 2 amide bonds. The molecule has 0 saturated carbocycles. The molecule has 1 heterocycles. The quantitative estimate of drug-likeness (QED) is 0.506. The second kappa shape index (κ2) is 5.69. The molecule has 0 aliphatic carbocycles. The number of hydrogen-bond acceptors (Lipinski definition) is 3. The molecule has 6 nitrogen and oxygen atoms in total. The maximum Gasteiger partial charge on any atom is 0.321 e. The molecule has 0 aromatic carbocycles. The van der Waals surface area contributed by atoms with Crippen LogP contribution >= 0.6 is 0 Å². The van der Waals surface area contributed by atoms with Crippen LogP contribution in [-0.4, -0.2) is 23.5 Å². The van der Waals surface area contributed by atoms with E-state index in [0.29, 0.717) is 12.4 Å². The molecule has 0 spiro atoms. The van der Waals surface area contributed by atoms with Gasteiger partial charge in [0, 0.05) is 12.7 Å². The third kappa shape index (κ3) is 3.56. The number of aromatic nitrogens is 1. The van der Waals surface area contributed by atoms with Crippen molar-refractivity contribution in [3.63, 3.8) is 0 Å². The lowest BCUT2D eigenvalue weighted by molar-refractivity contribution is 0.245. The van der Waals surface area contributed by atoms with Gasteiger partial charge in [-0.1, -0.05) is 6.07 Å². The predicted molar refractivity (Wildman–Crippen MR) is 62.5 cm³/mol. The van der Waals surface area contributed by atoms with Crippen molar-refractivity contribution in [1.29, 1.82) is 0 Å². The summed E-state index contributed by atoms with van der Waals surface area (Å²) in [7, 11) is 0. The number of nitrogens with zero attached hydrogens (tertiary/aromatic N) is 2. The van der Waals surface area contributed by atoms with Crippen molar-refractivity contribution in [2.75, 3.05) is 6.54 Å². The lowest BCUT2D eigenvalue weighted by Crippen LogP contribution is -2.43. The first-order valence-electron chi connectivity index (χ1n) is 4.94. The summed E-state index contributed by atoms with van der Waals surface area (Å²) in [6.45, 7) is 4.21. The van der Waals surface area contributed by atoms with Crippen LogP contribution in [0, 0.1) is 6.92 Å². The predicted octanol–water partition coefficient (Wildman–Crippen LogP) is 0.655. The number of nitrogens with one attached hydrogen (secondary N) is 2. The van der Waals surface area contributed by atoms with E-state index in [4.69, 9.17) is 5.73 Å². The number of aliphatic imine (C=N–C) groups is 1. The summed E-state index contributed by atoms with van der Waals surface area (Å²) in [5.74, 6) is 0.518. The summed E-state index contributed by atoms with van der Waals surface area (Å²) in [6.07, 6.45) is 1.62. The van der Waals surface area contributed by atoms with Gasteiger partial charge in [-0.05, 0) is 25.5 Å². The number of carbonyl (C=O) groups excluding carboxylic acids is 1. The van der Waals surface area contributed by atoms with Gasteiger partial charge in [-0.15, -0.1) is 0 Å². The molecule has 0 aliphatic heterocycles. The van der Waals surface area contributed by atoms with Crippen molar-refractivity contribution in [1.82, 2.24) is 15.6 Å². The smallest absolute Gasteiger partial charge is 0.321 e. The Morgan fingerprint density at radius 1 is 1.62 bits per heavy atom. The number of guanidine groups is 1. The number of urea groups is 1. The Hall–Kier alpha value is -2.11. The van der Waals surface area contributed by atoms with Crippen LogP contribution in [0.25, 0.3) is 0 Å². The van der Waals surface area contributed by atoms with Gasteiger partial charge in [0.2, 0.25) is 5.96 Å². The molecule has 0 fully saturated rings. The number of nitrogens with two attached hydrogens (primary N) is 1. The van der Waals surface area contributed by atoms with Crippen LogP contribution in [0.4, 0.5) is 10.6 Å². The van der Waals surface area contributed by atoms with Gasteiger partial charge in [-0.2, -0.15) is 4.99 Å². The first kappa shape index (κ1) is 12.0. The molecule has 16 heavy (non-hydrogen) atoms. The van der Waals surface area contributed by atoms with Crippen molar-refractivity contribution in [2.24, 2.45) is 10.7 Å². The van der Waals surface area contributed by atoms with Crippen LogP contribution in [0.1, 0.15) is 12.5 Å². The van der Waals surface area contributed by atoms with E-state index >= 15 is 0 Å². The van der Waals surface area contributed by atoms with Crippen LogP contribution in [0.5, 0.6) is 0 Å². The molecule has 1 rings (SSSR count). The third-order valence-electron chi connectivity index (χ3n) is 1.79. The monoisotopic (exact) mass is 221 g/mol. The minimum absolute atomic E-state index is 0.0211. The van der Waals surface area contributed by atoms with Gasteiger partial charge in [0.15, 0.2) is 5.82 Å². The Balaban J connectivity index is 2.70. The molecule has 86 valence electrons. The second-order valence-electron chi connectivity index (χ2n) is 3.13. The van der Waals surface area contributed by atoms with Gasteiger partial charge in [-0.25, -0.2) is 9.78 Å². The van der Waals surface area contributed by atoms with Crippen LogP contribution in [0.15, 0.2) is 23.3 Å². The summed E-state index contributed by atoms with van der Waals surface area (Å²) in [6, 6.07) is 3.30. The summed E-state index contributed by atoms with van der Waals surface area (Å²) >= 11 is 0. The fraction of sp³-hybridized carbons (Fsp3) is 0.300. The van der Waals surface area contributed by atoms with Crippen molar-refractivity contribution in [2.45, 2.75) is 13.8 Å². The fourth-order valence-electron chi connectivity index (χ4n) is 1.06. The molecule has 0 unspecified atom stereocenters. The molecule has 1 aromatic heterocycles. The molecule has 0 saturated heterocycles. The molecule has 6 heteroatoms. The molecule has 1 aromatic rings. The van der Waals surface area contributed by atoms with Crippen molar-refractivity contribution >= 4 is 17.8 Å². The van der Waals surface area contributed by atoms with E-state index in [-0.39, 0.29) is 12.0 Å². The second-order valence-corrected chi connectivity index (χ2v) is 3.13. The zero-order valence-electron chi connectivity index (χ0n) is 9.32. The molecule has 0 aliphatic rings. The fourth-order valence-corrected chi connectivity index (χ4v) is 1.06. The van der Waals surface area contributed by atoms with E-state index in [0.717, 1.165) is 5.56 Å². The van der Waals surface area contributed by atoms with Crippen LogP contribution in [-0.2, 0) is 0 Å². The lowest BCUT2D eigenvalue weighted by atomic mass is 10.3. The zero-order valence-corrected chi connectivity index (χ0v) is 9.32. The Morgan fingerprint density at radius 3 is 3.00 bits per heavy atom. The highest BCUT2D eigenvalue weighted by atomic mass is 16.2. The Bertz CT molecular complexity index is 402. The summed E-state index contributed by atoms with van der Waals surface area (Å²) < 4.78 is 0. The Morgan fingerprint density at radius 2 is 2.38 bits per heavy atom. The summed E-state index contributed by atoms with van der Waals surface area (Å²) in [4.78, 5) is 19.1. The summed E-state index contributed by atoms with van der Waals surface area (Å²) in [5, 5.41) is 4.94. The largest absolute Gasteiger partial charge is 0.369 e. The number of amides is 2. The average molecular weight is 221 g/mol. The van der Waals surface area contributed by atoms with Gasteiger partial charge < -0.3 is 11.1 Å². The molecular weight excluding hydrogens is 206 g/mol. The van der Waals surface area contributed by atoms with Crippen molar-refractivity contribution in [3.8, 4) is 0 Å². The van der Waals surface area contributed by atoms with Gasteiger partial charge in [-0.3, -0.25) is 5.32 Å². The first-order chi connectivity index (χ1) is 7.63. The average Bonchev–Trinajstić information content (AvgIpc) is 2.21. The van der Waals surface area contributed by atoms with E-state index in [1.54, 1.807) is 6.20 Å². The van der Waals surface area contributed by atoms with Gasteiger partial charge in [0.05, 0.1) is 0 Å². The molecule has 0 atom stereocenters. The number of rotatable bonds is 2. The number of aryl methyl sites for hydroxylation is 1. The van der Waals surface area contributed by atoms with E-state index in [1.165, 1.54) is 0 Å². The van der Waals surface area contributed by atoms with Crippen molar-refractivity contribution in [3.05, 3.63) is 23.9 Å². The normalized spacial score (nSPS) is 11.0. The number of pyridine rings is 1. The van der Waals surface area contributed by atoms with Crippen LogP contribution in [0.3, 0.4) is 0 Å². The van der Waals surface area contributed by atoms with Crippen LogP contribution in [0.2, 0.25) is 0 Å². The SMILES string of the molecule is CCNC(=O)N/C(N)=N/c1ncccc1C. The maximum atomic E-state index is 11.1. The molecular formula is C10H15N5O. The van der Waals surface area contributed by atoms with Crippen LogP contribution < -0.4 is 16.4 Å². The van der Waals surface area contributed by atoms with Crippen molar-refractivity contribution < 1.29 is 4.79 Å². The highest BCUT2D eigenvalue weighted by Crippen LogP contribution is 2.12. The topological polar surface area (TPSA) is 92.4 Å². The van der Waals surface area contributed by atoms with E-state index < -0.39 is 0 Å². The minimum Gasteiger partial charge on any atom is -0.369 e. The van der Waals surface area contributed by atoms with E-state index in [2.05, 4.69) is 20.6 Å². The minimum atomic E-state index is -0.377. The van der Waals surface area contributed by atoms with Gasteiger partial charge in [0.25, 0.3) is 0 Å². The molecule has 4 N–H and O–H groups in total. The highest BCUT2D eigenvalue weighted by Gasteiger charge is 2.02.